The summed E-state index contributed by atoms with van der Waals surface area (Å²) in [6.45, 7) is 22.5. The summed E-state index contributed by atoms with van der Waals surface area (Å²) in [6.07, 6.45) is 0. The van der Waals surface area contributed by atoms with Crippen LogP contribution in [0.3, 0.4) is 0 Å². The van der Waals surface area contributed by atoms with E-state index in [4.69, 9.17) is 0 Å². The van der Waals surface area contributed by atoms with E-state index in [1.165, 1.54) is 10.4 Å². The fraction of sp³-hybridized carbons (Fsp3) is 0.135. The van der Waals surface area contributed by atoms with E-state index in [9.17, 15) is 0 Å². The lowest BCUT2D eigenvalue weighted by molar-refractivity contribution is 0.629. The molecule has 0 aromatic heterocycles. The Morgan fingerprint density at radius 1 is 0.312 bits per heavy atom. The first-order valence-corrected chi connectivity index (χ1v) is 34.8. The summed E-state index contributed by atoms with van der Waals surface area (Å²) in [7, 11) is -3.74. The molecule has 80 heavy (non-hydrogen) atoms. The minimum absolute atomic E-state index is 0.317. The molecule has 0 saturated carbocycles. The second-order valence-corrected chi connectivity index (χ2v) is 34.2. The molecule has 0 unspecified atom stereocenters. The van der Waals surface area contributed by atoms with Gasteiger partial charge in [-0.2, -0.15) is 0 Å². The Labute approximate surface area is 472 Å². The van der Waals surface area contributed by atoms with Crippen LogP contribution in [0, 0.1) is 39.3 Å². The fourth-order valence-electron chi connectivity index (χ4n) is 11.9. The second-order valence-electron chi connectivity index (χ2n) is 24.0. The summed E-state index contributed by atoms with van der Waals surface area (Å²) in [4.78, 5) is 4.36. The zero-order valence-corrected chi connectivity index (χ0v) is 49.4. The van der Waals surface area contributed by atoms with Gasteiger partial charge in [-0.25, -0.2) is 8.78 Å². The number of rotatable bonds is 12. The van der Waals surface area contributed by atoms with Gasteiger partial charge in [-0.05, 0) is 143 Å². The summed E-state index contributed by atoms with van der Waals surface area (Å²) in [6, 6.07) is 76.3. The monoisotopic (exact) mass is 1080 g/mol. The molecular weight excluding hydrogens is 1010 g/mol. The van der Waals surface area contributed by atoms with Crippen LogP contribution < -0.4 is 20.2 Å². The van der Waals surface area contributed by atoms with Crippen LogP contribution >= 0.6 is 0 Å². The van der Waals surface area contributed by atoms with Gasteiger partial charge in [0.2, 0.25) is 0 Å². The summed E-state index contributed by atoms with van der Waals surface area (Å²) < 4.78 is 36.6. The Hall–Kier alpha value is -8.43. The quantitative estimate of drug-likeness (QED) is 0.0889. The van der Waals surface area contributed by atoms with Gasteiger partial charge in [0.1, 0.15) is 11.6 Å². The molecule has 0 aliphatic rings. The predicted molar refractivity (Wildman–Crippen MR) is 346 cm³/mol. The molecule has 0 aliphatic carbocycles. The van der Waals surface area contributed by atoms with Crippen molar-refractivity contribution in [2.45, 2.75) is 67.0 Å². The van der Waals surface area contributed by atoms with Gasteiger partial charge in [-0.15, -0.1) is 0 Å². The van der Waals surface area contributed by atoms with Gasteiger partial charge < -0.3 is 9.80 Å². The molecule has 0 fully saturated rings. The molecule has 0 atom stereocenters. The average Bonchev–Trinajstić information content (AvgIpc) is 3.60. The molecule has 0 bridgehead atoms. The largest absolute Gasteiger partial charge is 0.307 e. The van der Waals surface area contributed by atoms with Gasteiger partial charge in [0.15, 0.2) is 0 Å². The van der Waals surface area contributed by atoms with Crippen LogP contribution in [0.2, 0.25) is 39.3 Å². The lowest BCUT2D eigenvalue weighted by Crippen LogP contribution is -2.37. The van der Waals surface area contributed by atoms with Crippen LogP contribution in [0.5, 0.6) is 0 Å². The molecule has 0 amide bonds. The molecule has 6 heteroatoms. The van der Waals surface area contributed by atoms with Crippen LogP contribution in [-0.2, 0) is 0 Å². The number of anilines is 6. The Bertz CT molecular complexity index is 4090. The SMILES string of the molecule is Cc1cccc(-c2cc(F)c(N(c3cccc([Si](C)(C)C)c3)c3ccc4ccc5c(N(c6cccc([Si](C)(C)C)c6)c6c(F)cc(-c7cccc(C)c7)cc6-c6cccc(C)c6)ccc6ccc3c4c65)c(-c3cccc(C)c3)c2)c1. The van der Waals surface area contributed by atoms with E-state index >= 15 is 8.78 Å². The molecule has 0 aliphatic heterocycles. The Morgan fingerprint density at radius 3 is 1.01 bits per heavy atom. The minimum Gasteiger partial charge on any atom is -0.307 e. The molecule has 12 aromatic rings. The fourth-order valence-corrected chi connectivity index (χ4v) is 14.2. The van der Waals surface area contributed by atoms with E-state index in [-0.39, 0.29) is 11.6 Å². The van der Waals surface area contributed by atoms with E-state index in [1.807, 2.05) is 12.1 Å². The second kappa shape index (κ2) is 20.3. The number of nitrogens with zero attached hydrogens (tertiary/aromatic N) is 2. The van der Waals surface area contributed by atoms with E-state index in [0.29, 0.717) is 11.4 Å². The van der Waals surface area contributed by atoms with Crippen molar-refractivity contribution in [1.82, 2.24) is 0 Å². The van der Waals surface area contributed by atoms with Crippen molar-refractivity contribution < 1.29 is 8.78 Å². The van der Waals surface area contributed by atoms with Crippen molar-refractivity contribution in [2.75, 3.05) is 9.80 Å². The third kappa shape index (κ3) is 9.71. The normalized spacial score (nSPS) is 12.0. The summed E-state index contributed by atoms with van der Waals surface area (Å²) in [5, 5.41) is 8.76. The van der Waals surface area contributed by atoms with Crippen LogP contribution in [0.4, 0.5) is 42.9 Å². The predicted octanol–water partition coefficient (Wildman–Crippen LogP) is 20.8. The Balaban J connectivity index is 1.16. The highest BCUT2D eigenvalue weighted by molar-refractivity contribution is 6.89. The maximum absolute atomic E-state index is 18.3. The number of hydrogen-bond acceptors (Lipinski definition) is 2. The third-order valence-corrected chi connectivity index (χ3v) is 20.1. The molecule has 2 nitrogen and oxygen atoms in total. The van der Waals surface area contributed by atoms with Crippen LogP contribution in [-0.4, -0.2) is 16.1 Å². The zero-order chi connectivity index (χ0) is 55.8. The van der Waals surface area contributed by atoms with Crippen LogP contribution in [0.25, 0.3) is 76.8 Å². The molecule has 12 aromatic carbocycles. The Morgan fingerprint density at radius 2 is 0.650 bits per heavy atom. The van der Waals surface area contributed by atoms with Gasteiger partial charge in [0.05, 0.1) is 38.9 Å². The molecule has 394 valence electrons. The highest BCUT2D eigenvalue weighted by Gasteiger charge is 2.30. The number of halogens is 2. The molecule has 12 rings (SSSR count). The first-order chi connectivity index (χ1) is 38.4. The first kappa shape index (κ1) is 52.3. The van der Waals surface area contributed by atoms with Gasteiger partial charge >= 0.3 is 0 Å². The standard InChI is InChI=1S/C74H66F2N2Si2/c1-47-17-11-21-53(37-47)57-41-65(55-23-13-19-49(3)39-55)73(67(75)43-57)77(59-25-15-27-61(45-59)79(5,6)7)69-35-31-51-30-34-64-70(36-32-52-29-33-63(69)71(51)72(52)64)78(60-26-16-28-62(46-60)80(8,9)10)74-66(56-24-14-20-50(4)40-56)42-58(44-68(74)76)54-22-12-18-48(2)38-54/h11-46H,1-10H3. The average molecular weight is 1080 g/mol. The molecule has 0 radical (unpaired) electrons. The van der Waals surface area contributed by atoms with Crippen molar-refractivity contribution >= 4 is 93.0 Å². The van der Waals surface area contributed by atoms with Gasteiger partial charge in [0.25, 0.3) is 0 Å². The maximum Gasteiger partial charge on any atom is 0.148 e. The molecule has 0 heterocycles. The van der Waals surface area contributed by atoms with Crippen LogP contribution in [0.15, 0.2) is 218 Å². The van der Waals surface area contributed by atoms with Gasteiger partial charge in [0, 0.05) is 33.3 Å². The van der Waals surface area contributed by atoms with Crippen molar-refractivity contribution in [1.29, 1.82) is 0 Å². The van der Waals surface area contributed by atoms with Gasteiger partial charge in [-0.1, -0.05) is 230 Å². The van der Waals surface area contributed by atoms with E-state index in [2.05, 4.69) is 271 Å². The number of hydrogen-bond donors (Lipinski definition) is 0. The Kier molecular flexibility index (Phi) is 13.3. The van der Waals surface area contributed by atoms with E-state index in [0.717, 1.165) is 122 Å². The molecule has 0 saturated heterocycles. The number of benzene rings is 12. The first-order valence-electron chi connectivity index (χ1n) is 27.8. The topological polar surface area (TPSA) is 6.48 Å². The molecule has 0 N–H and O–H groups in total. The van der Waals surface area contributed by atoms with Gasteiger partial charge in [-0.3, -0.25) is 0 Å². The summed E-state index contributed by atoms with van der Waals surface area (Å²) in [5.41, 5.74) is 15.9. The van der Waals surface area contributed by atoms with E-state index in [1.54, 1.807) is 12.1 Å². The van der Waals surface area contributed by atoms with Crippen molar-refractivity contribution in [3.05, 3.63) is 252 Å². The van der Waals surface area contributed by atoms with Crippen molar-refractivity contribution in [3.8, 4) is 44.5 Å². The highest BCUT2D eigenvalue weighted by atomic mass is 28.3. The van der Waals surface area contributed by atoms with Crippen LogP contribution in [0.1, 0.15) is 22.3 Å². The number of aryl methyl sites for hydroxylation is 4. The van der Waals surface area contributed by atoms with E-state index < -0.39 is 16.1 Å². The zero-order valence-electron chi connectivity index (χ0n) is 47.4. The lowest BCUT2D eigenvalue weighted by atomic mass is 9.90. The summed E-state index contributed by atoms with van der Waals surface area (Å²) in [5.74, 6) is -0.633. The van der Waals surface area contributed by atoms with Crippen molar-refractivity contribution in [3.63, 3.8) is 0 Å². The smallest absolute Gasteiger partial charge is 0.148 e. The van der Waals surface area contributed by atoms with Crippen molar-refractivity contribution in [2.24, 2.45) is 0 Å². The minimum atomic E-state index is -1.87. The molecule has 0 spiro atoms. The molecular formula is C74H66F2N2Si2. The lowest BCUT2D eigenvalue weighted by Gasteiger charge is -2.32. The summed E-state index contributed by atoms with van der Waals surface area (Å²) >= 11 is 0. The maximum atomic E-state index is 18.3. The third-order valence-electron chi connectivity index (χ3n) is 16.0. The highest BCUT2D eigenvalue weighted by Crippen LogP contribution is 2.52.